The van der Waals surface area contributed by atoms with E-state index in [0.717, 1.165) is 30.9 Å². The summed E-state index contributed by atoms with van der Waals surface area (Å²) in [4.78, 5) is 34.1. The zero-order valence-corrected chi connectivity index (χ0v) is 12.8. The van der Waals surface area contributed by atoms with Gasteiger partial charge in [0.1, 0.15) is 5.82 Å². The van der Waals surface area contributed by atoms with Gasteiger partial charge in [-0.3, -0.25) is 14.9 Å². The predicted molar refractivity (Wildman–Crippen MR) is 83.5 cm³/mol. The third-order valence-electron chi connectivity index (χ3n) is 3.18. The number of nitro groups is 1. The SMILES string of the molecule is COC(=O)c1cc(C(=O)Nc2cc(C)ccc2F)cc([N+](=O)[O-])c1. The van der Waals surface area contributed by atoms with Crippen LogP contribution in [0, 0.1) is 22.9 Å². The van der Waals surface area contributed by atoms with Gasteiger partial charge in [0.05, 0.1) is 23.3 Å². The number of methoxy groups -OCH3 is 1. The van der Waals surface area contributed by atoms with E-state index in [1.54, 1.807) is 6.92 Å². The highest BCUT2D eigenvalue weighted by Crippen LogP contribution is 2.21. The van der Waals surface area contributed by atoms with E-state index >= 15 is 0 Å². The highest BCUT2D eigenvalue weighted by molar-refractivity contribution is 6.06. The summed E-state index contributed by atoms with van der Waals surface area (Å²) in [5, 5.41) is 13.3. The van der Waals surface area contributed by atoms with E-state index in [9.17, 15) is 24.1 Å². The molecular formula is C16H13FN2O5. The molecule has 2 rings (SSSR count). The van der Waals surface area contributed by atoms with Gasteiger partial charge in [0.15, 0.2) is 0 Å². The summed E-state index contributed by atoms with van der Waals surface area (Å²) in [6.45, 7) is 1.72. The van der Waals surface area contributed by atoms with Gasteiger partial charge in [0.25, 0.3) is 11.6 Å². The second kappa shape index (κ2) is 6.86. The van der Waals surface area contributed by atoms with E-state index in [2.05, 4.69) is 10.1 Å². The number of nitrogens with zero attached hydrogens (tertiary/aromatic N) is 1. The van der Waals surface area contributed by atoms with Crippen LogP contribution in [0.4, 0.5) is 15.8 Å². The number of nitro benzene ring substituents is 1. The Hall–Kier alpha value is -3.29. The van der Waals surface area contributed by atoms with Crippen molar-refractivity contribution in [1.82, 2.24) is 0 Å². The molecule has 124 valence electrons. The Morgan fingerprint density at radius 2 is 1.83 bits per heavy atom. The minimum Gasteiger partial charge on any atom is -0.465 e. The lowest BCUT2D eigenvalue weighted by molar-refractivity contribution is -0.384. The molecule has 0 bridgehead atoms. The molecule has 0 fully saturated rings. The first-order valence-corrected chi connectivity index (χ1v) is 6.77. The molecule has 8 heteroatoms. The lowest BCUT2D eigenvalue weighted by Gasteiger charge is -2.08. The molecule has 0 radical (unpaired) electrons. The van der Waals surface area contributed by atoms with E-state index < -0.39 is 28.3 Å². The molecule has 2 aromatic carbocycles. The quantitative estimate of drug-likeness (QED) is 0.527. The molecule has 2 aromatic rings. The van der Waals surface area contributed by atoms with Crippen LogP contribution in [-0.4, -0.2) is 23.9 Å². The molecule has 0 aliphatic rings. The standard InChI is InChI=1S/C16H13FN2O5/c1-9-3-4-13(17)14(5-9)18-15(20)10-6-11(16(21)24-2)8-12(7-10)19(22)23/h3-8H,1-2H3,(H,18,20). The van der Waals surface area contributed by atoms with Crippen molar-refractivity contribution in [3.05, 3.63) is 69.0 Å². The van der Waals surface area contributed by atoms with Gasteiger partial charge in [-0.15, -0.1) is 0 Å². The van der Waals surface area contributed by atoms with Crippen molar-refractivity contribution < 1.29 is 23.6 Å². The molecule has 1 N–H and O–H groups in total. The molecule has 0 aliphatic carbocycles. The van der Waals surface area contributed by atoms with Crippen LogP contribution >= 0.6 is 0 Å². The molecule has 0 atom stereocenters. The Balaban J connectivity index is 2.41. The topological polar surface area (TPSA) is 98.5 Å². The van der Waals surface area contributed by atoms with Crippen LogP contribution in [0.2, 0.25) is 0 Å². The molecular weight excluding hydrogens is 319 g/mol. The molecule has 24 heavy (non-hydrogen) atoms. The molecule has 0 spiro atoms. The van der Waals surface area contributed by atoms with Crippen LogP contribution in [0.1, 0.15) is 26.3 Å². The zero-order valence-electron chi connectivity index (χ0n) is 12.8. The van der Waals surface area contributed by atoms with Crippen molar-refractivity contribution in [3.63, 3.8) is 0 Å². The third kappa shape index (κ3) is 3.72. The number of esters is 1. The number of carbonyl (C=O) groups is 2. The van der Waals surface area contributed by atoms with Crippen LogP contribution in [-0.2, 0) is 4.74 Å². The Labute approximate surface area is 136 Å². The molecule has 1 amide bonds. The van der Waals surface area contributed by atoms with Crippen molar-refractivity contribution in [3.8, 4) is 0 Å². The number of hydrogen-bond donors (Lipinski definition) is 1. The maximum absolute atomic E-state index is 13.7. The smallest absolute Gasteiger partial charge is 0.338 e. The van der Waals surface area contributed by atoms with E-state index in [4.69, 9.17) is 0 Å². The fourth-order valence-corrected chi connectivity index (χ4v) is 2.01. The van der Waals surface area contributed by atoms with Crippen molar-refractivity contribution in [2.45, 2.75) is 6.92 Å². The van der Waals surface area contributed by atoms with E-state index in [1.807, 2.05) is 0 Å². The minimum atomic E-state index is -0.825. The number of amides is 1. The number of halogens is 1. The molecule has 0 saturated heterocycles. The van der Waals surface area contributed by atoms with Gasteiger partial charge in [0, 0.05) is 17.7 Å². The lowest BCUT2D eigenvalue weighted by Crippen LogP contribution is -2.15. The number of non-ortho nitro benzene ring substituents is 1. The fraction of sp³-hybridized carbons (Fsp3) is 0.125. The Morgan fingerprint density at radius 3 is 2.46 bits per heavy atom. The third-order valence-corrected chi connectivity index (χ3v) is 3.18. The Morgan fingerprint density at radius 1 is 1.17 bits per heavy atom. The number of carbonyl (C=O) groups excluding carboxylic acids is 2. The van der Waals surface area contributed by atoms with Gasteiger partial charge in [-0.25, -0.2) is 9.18 Å². The highest BCUT2D eigenvalue weighted by atomic mass is 19.1. The van der Waals surface area contributed by atoms with E-state index in [0.29, 0.717) is 0 Å². The van der Waals surface area contributed by atoms with Crippen LogP contribution < -0.4 is 5.32 Å². The van der Waals surface area contributed by atoms with Crippen molar-refractivity contribution in [2.24, 2.45) is 0 Å². The lowest BCUT2D eigenvalue weighted by atomic mass is 10.1. The summed E-state index contributed by atoms with van der Waals surface area (Å²) < 4.78 is 18.2. The van der Waals surface area contributed by atoms with Crippen LogP contribution in [0.15, 0.2) is 36.4 Å². The normalized spacial score (nSPS) is 10.1. The first kappa shape index (κ1) is 17.1. The average molecular weight is 332 g/mol. The van der Waals surface area contributed by atoms with Gasteiger partial charge in [0.2, 0.25) is 0 Å². The molecule has 0 aliphatic heterocycles. The second-order valence-corrected chi connectivity index (χ2v) is 4.95. The monoisotopic (exact) mass is 332 g/mol. The van der Waals surface area contributed by atoms with Crippen LogP contribution in [0.5, 0.6) is 0 Å². The number of anilines is 1. The number of hydrogen-bond acceptors (Lipinski definition) is 5. The number of rotatable bonds is 4. The molecule has 7 nitrogen and oxygen atoms in total. The van der Waals surface area contributed by atoms with Gasteiger partial charge < -0.3 is 10.1 Å². The summed E-state index contributed by atoms with van der Waals surface area (Å²) in [6.07, 6.45) is 0. The van der Waals surface area contributed by atoms with E-state index in [1.165, 1.54) is 18.2 Å². The van der Waals surface area contributed by atoms with Gasteiger partial charge in [-0.05, 0) is 30.7 Å². The number of ether oxygens (including phenoxy) is 1. The second-order valence-electron chi connectivity index (χ2n) is 4.95. The van der Waals surface area contributed by atoms with Crippen LogP contribution in [0.3, 0.4) is 0 Å². The first-order chi connectivity index (χ1) is 11.3. The number of benzene rings is 2. The number of aryl methyl sites for hydroxylation is 1. The summed E-state index contributed by atoms with van der Waals surface area (Å²) in [5.74, 6) is -2.25. The summed E-state index contributed by atoms with van der Waals surface area (Å²) in [6, 6.07) is 7.28. The van der Waals surface area contributed by atoms with Gasteiger partial charge >= 0.3 is 5.97 Å². The Kier molecular flexibility index (Phi) is 4.88. The predicted octanol–water partition coefficient (Wildman–Crippen LogP) is 3.08. The maximum Gasteiger partial charge on any atom is 0.338 e. The van der Waals surface area contributed by atoms with Crippen molar-refractivity contribution in [2.75, 3.05) is 12.4 Å². The molecule has 0 aromatic heterocycles. The minimum absolute atomic E-state index is 0.0638. The zero-order chi connectivity index (χ0) is 17.9. The average Bonchev–Trinajstić information content (AvgIpc) is 2.56. The number of nitrogens with one attached hydrogen (secondary N) is 1. The highest BCUT2D eigenvalue weighted by Gasteiger charge is 2.19. The fourth-order valence-electron chi connectivity index (χ4n) is 2.01. The largest absolute Gasteiger partial charge is 0.465 e. The van der Waals surface area contributed by atoms with Crippen molar-refractivity contribution >= 4 is 23.3 Å². The van der Waals surface area contributed by atoms with Gasteiger partial charge in [-0.2, -0.15) is 0 Å². The molecule has 0 heterocycles. The maximum atomic E-state index is 13.7. The first-order valence-electron chi connectivity index (χ1n) is 6.77. The molecule has 0 unspecified atom stereocenters. The van der Waals surface area contributed by atoms with Gasteiger partial charge in [-0.1, -0.05) is 6.07 Å². The van der Waals surface area contributed by atoms with Crippen LogP contribution in [0.25, 0.3) is 0 Å². The van der Waals surface area contributed by atoms with Crippen molar-refractivity contribution in [1.29, 1.82) is 0 Å². The van der Waals surface area contributed by atoms with E-state index in [-0.39, 0.29) is 16.8 Å². The summed E-state index contributed by atoms with van der Waals surface area (Å²) in [5.41, 5.74) is -0.105. The molecule has 0 saturated carbocycles. The summed E-state index contributed by atoms with van der Waals surface area (Å²) >= 11 is 0. The summed E-state index contributed by atoms with van der Waals surface area (Å²) in [7, 11) is 1.11. The Bertz CT molecular complexity index is 835.